The fourth-order valence-electron chi connectivity index (χ4n) is 1.88. The quantitative estimate of drug-likeness (QED) is 0.641. The maximum atomic E-state index is 11.8. The molecule has 3 N–H and O–H groups in total. The molecule has 1 atom stereocenters. The van der Waals surface area contributed by atoms with Gasteiger partial charge in [0.2, 0.25) is 0 Å². The van der Waals surface area contributed by atoms with Gasteiger partial charge < -0.3 is 5.32 Å². The van der Waals surface area contributed by atoms with Crippen molar-refractivity contribution < 1.29 is 9.59 Å². The fourth-order valence-corrected chi connectivity index (χ4v) is 2.50. The smallest absolute Gasteiger partial charge is 0.279 e. The highest BCUT2D eigenvalue weighted by molar-refractivity contribution is 7.12. The van der Waals surface area contributed by atoms with Gasteiger partial charge in [-0.2, -0.15) is 5.26 Å². The van der Waals surface area contributed by atoms with E-state index >= 15 is 0 Å². The summed E-state index contributed by atoms with van der Waals surface area (Å²) < 4.78 is 0. The predicted molar refractivity (Wildman–Crippen MR) is 73.8 cm³/mol. The first-order chi connectivity index (χ1) is 9.70. The molecule has 1 aliphatic heterocycles. The maximum Gasteiger partial charge on any atom is 0.279 e. The number of nitrogens with zero attached hydrogens (tertiary/aromatic N) is 2. The number of nitrogens with one attached hydrogen (secondary N) is 3. The van der Waals surface area contributed by atoms with Crippen LogP contribution in [-0.2, 0) is 4.79 Å². The van der Waals surface area contributed by atoms with Gasteiger partial charge in [-0.05, 0) is 11.4 Å². The summed E-state index contributed by atoms with van der Waals surface area (Å²) in [5.41, 5.74) is 4.71. The number of piperazine rings is 1. The van der Waals surface area contributed by atoms with Crippen LogP contribution in [0.5, 0.6) is 0 Å². The Morgan fingerprint density at radius 2 is 2.40 bits per heavy atom. The van der Waals surface area contributed by atoms with Crippen LogP contribution in [0.3, 0.4) is 0 Å². The summed E-state index contributed by atoms with van der Waals surface area (Å²) in [7, 11) is 0. The lowest BCUT2D eigenvalue weighted by molar-refractivity contribution is -0.123. The summed E-state index contributed by atoms with van der Waals surface area (Å²) in [6, 6.07) is 5.27. The molecule has 0 spiro atoms. The standard InChI is InChI=1S/C12H15N5O2S/c13-6-9-7-14-3-4-17(9)8-11(18)15-16-12(19)10-2-1-5-20-10/h1-2,5,9,14H,3-4,7-8H2,(H,15,18)(H,16,19). The highest BCUT2D eigenvalue weighted by Crippen LogP contribution is 2.07. The van der Waals surface area contributed by atoms with E-state index in [1.54, 1.807) is 22.4 Å². The van der Waals surface area contributed by atoms with Gasteiger partial charge in [0.1, 0.15) is 6.04 Å². The Morgan fingerprint density at radius 1 is 1.55 bits per heavy atom. The monoisotopic (exact) mass is 293 g/mol. The highest BCUT2D eigenvalue weighted by atomic mass is 32.1. The molecule has 0 aromatic carbocycles. The van der Waals surface area contributed by atoms with E-state index in [4.69, 9.17) is 5.26 Å². The van der Waals surface area contributed by atoms with Crippen molar-refractivity contribution in [1.29, 1.82) is 5.26 Å². The molecule has 1 aliphatic rings. The molecule has 20 heavy (non-hydrogen) atoms. The van der Waals surface area contributed by atoms with E-state index in [-0.39, 0.29) is 24.4 Å². The van der Waals surface area contributed by atoms with Crippen LogP contribution in [0.4, 0.5) is 0 Å². The van der Waals surface area contributed by atoms with Crippen LogP contribution in [0, 0.1) is 11.3 Å². The van der Waals surface area contributed by atoms with Crippen molar-refractivity contribution >= 4 is 23.2 Å². The van der Waals surface area contributed by atoms with Gasteiger partial charge >= 0.3 is 0 Å². The van der Waals surface area contributed by atoms with E-state index < -0.39 is 0 Å². The first kappa shape index (κ1) is 14.5. The molecule has 2 rings (SSSR count). The Hall–Kier alpha value is -1.95. The molecule has 1 fully saturated rings. The Balaban J connectivity index is 1.78. The summed E-state index contributed by atoms with van der Waals surface area (Å²) in [4.78, 5) is 25.7. The summed E-state index contributed by atoms with van der Waals surface area (Å²) in [5.74, 6) is -0.678. The molecular weight excluding hydrogens is 278 g/mol. The molecule has 1 aromatic heterocycles. The molecule has 0 radical (unpaired) electrons. The zero-order valence-corrected chi connectivity index (χ0v) is 11.6. The molecule has 2 heterocycles. The normalized spacial score (nSPS) is 19.1. The topological polar surface area (TPSA) is 97.3 Å². The Kier molecular flexibility index (Phi) is 5.06. The molecule has 7 nitrogen and oxygen atoms in total. The number of hydrogen-bond acceptors (Lipinski definition) is 6. The number of thiophene rings is 1. The van der Waals surface area contributed by atoms with Crippen molar-refractivity contribution in [1.82, 2.24) is 21.1 Å². The van der Waals surface area contributed by atoms with Gasteiger partial charge in [-0.1, -0.05) is 6.07 Å². The molecule has 0 saturated carbocycles. The second-order valence-electron chi connectivity index (χ2n) is 4.30. The summed E-state index contributed by atoms with van der Waals surface area (Å²) in [6.45, 7) is 2.01. The predicted octanol–water partition coefficient (Wildman–Crippen LogP) is -0.694. The number of rotatable bonds is 3. The minimum Gasteiger partial charge on any atom is -0.313 e. The third-order valence-electron chi connectivity index (χ3n) is 2.91. The van der Waals surface area contributed by atoms with Crippen LogP contribution in [0.1, 0.15) is 9.67 Å². The van der Waals surface area contributed by atoms with E-state index in [1.807, 2.05) is 0 Å². The van der Waals surface area contributed by atoms with E-state index in [0.717, 1.165) is 6.54 Å². The van der Waals surface area contributed by atoms with Gasteiger partial charge in [-0.3, -0.25) is 25.3 Å². The largest absolute Gasteiger partial charge is 0.313 e. The second kappa shape index (κ2) is 7.00. The van der Waals surface area contributed by atoms with E-state index in [1.165, 1.54) is 11.3 Å². The van der Waals surface area contributed by atoms with Crippen molar-refractivity contribution in [2.24, 2.45) is 0 Å². The third kappa shape index (κ3) is 3.77. The van der Waals surface area contributed by atoms with Gasteiger partial charge in [-0.25, -0.2) is 0 Å². The van der Waals surface area contributed by atoms with E-state index in [9.17, 15) is 9.59 Å². The minimum absolute atomic E-state index is 0.0879. The number of amides is 2. The zero-order chi connectivity index (χ0) is 14.4. The van der Waals surface area contributed by atoms with Crippen LogP contribution < -0.4 is 16.2 Å². The van der Waals surface area contributed by atoms with E-state index in [2.05, 4.69) is 22.2 Å². The average molecular weight is 293 g/mol. The summed E-state index contributed by atoms with van der Waals surface area (Å²) >= 11 is 1.30. The van der Waals surface area contributed by atoms with Crippen molar-refractivity contribution in [2.75, 3.05) is 26.2 Å². The van der Waals surface area contributed by atoms with Crippen molar-refractivity contribution in [3.05, 3.63) is 22.4 Å². The number of hydrazine groups is 1. The molecule has 8 heteroatoms. The number of hydrogen-bond donors (Lipinski definition) is 3. The van der Waals surface area contributed by atoms with Crippen LogP contribution in [0.25, 0.3) is 0 Å². The molecule has 1 saturated heterocycles. The van der Waals surface area contributed by atoms with Crippen LogP contribution >= 0.6 is 11.3 Å². The average Bonchev–Trinajstić information content (AvgIpc) is 2.99. The first-order valence-electron chi connectivity index (χ1n) is 6.18. The lowest BCUT2D eigenvalue weighted by Gasteiger charge is -2.31. The second-order valence-corrected chi connectivity index (χ2v) is 5.25. The maximum absolute atomic E-state index is 11.8. The first-order valence-corrected chi connectivity index (χ1v) is 7.05. The van der Waals surface area contributed by atoms with Crippen LogP contribution in [0.2, 0.25) is 0 Å². The number of carbonyl (C=O) groups is 2. The SMILES string of the molecule is N#CC1CNCCN1CC(=O)NNC(=O)c1cccs1. The van der Waals surface area contributed by atoms with E-state index in [0.29, 0.717) is 18.0 Å². The van der Waals surface area contributed by atoms with Gasteiger partial charge in [0.15, 0.2) is 0 Å². The zero-order valence-electron chi connectivity index (χ0n) is 10.8. The molecule has 0 bridgehead atoms. The van der Waals surface area contributed by atoms with Gasteiger partial charge in [0.05, 0.1) is 17.5 Å². The third-order valence-corrected chi connectivity index (χ3v) is 3.78. The Morgan fingerprint density at radius 3 is 3.10 bits per heavy atom. The molecule has 2 amide bonds. The number of nitriles is 1. The Labute approximate surface area is 120 Å². The molecule has 0 aliphatic carbocycles. The van der Waals surface area contributed by atoms with Gasteiger partial charge in [0, 0.05) is 19.6 Å². The lowest BCUT2D eigenvalue weighted by atomic mass is 10.2. The van der Waals surface area contributed by atoms with Crippen LogP contribution in [0.15, 0.2) is 17.5 Å². The Bertz CT molecular complexity index is 510. The molecule has 1 unspecified atom stereocenters. The van der Waals surface area contributed by atoms with Crippen molar-refractivity contribution in [2.45, 2.75) is 6.04 Å². The van der Waals surface area contributed by atoms with Crippen LogP contribution in [-0.4, -0.2) is 48.9 Å². The summed E-state index contributed by atoms with van der Waals surface area (Å²) in [5, 5.41) is 13.9. The number of carbonyl (C=O) groups excluding carboxylic acids is 2. The molecule has 106 valence electrons. The fraction of sp³-hybridized carbons (Fsp3) is 0.417. The highest BCUT2D eigenvalue weighted by Gasteiger charge is 2.23. The molecular formula is C12H15N5O2S. The van der Waals surface area contributed by atoms with Gasteiger partial charge in [0.25, 0.3) is 11.8 Å². The summed E-state index contributed by atoms with van der Waals surface area (Å²) in [6.07, 6.45) is 0. The van der Waals surface area contributed by atoms with Crippen molar-refractivity contribution in [3.63, 3.8) is 0 Å². The lowest BCUT2D eigenvalue weighted by Crippen LogP contribution is -2.55. The van der Waals surface area contributed by atoms with Gasteiger partial charge in [-0.15, -0.1) is 11.3 Å². The minimum atomic E-state index is -0.342. The molecule has 1 aromatic rings. The van der Waals surface area contributed by atoms with Crippen molar-refractivity contribution in [3.8, 4) is 6.07 Å².